The van der Waals surface area contributed by atoms with Gasteiger partial charge in [0.05, 0.1) is 26.4 Å². The van der Waals surface area contributed by atoms with Crippen LogP contribution in [0.2, 0.25) is 0 Å². The van der Waals surface area contributed by atoms with Gasteiger partial charge in [0.1, 0.15) is 19.3 Å². The fourth-order valence-electron chi connectivity index (χ4n) is 10.9. The number of aliphatic hydroxyl groups excluding tert-OH is 1. The molecule has 0 saturated carbocycles. The number of hydrogen-bond donors (Lipinski definition) is 3. The highest BCUT2D eigenvalue weighted by molar-refractivity contribution is 7.47. The van der Waals surface area contributed by atoms with E-state index in [1.807, 2.05) is 0 Å². The van der Waals surface area contributed by atoms with Gasteiger partial charge >= 0.3 is 39.5 Å². The van der Waals surface area contributed by atoms with Crippen molar-refractivity contribution in [1.82, 2.24) is 0 Å². The lowest BCUT2D eigenvalue weighted by molar-refractivity contribution is -0.161. The third-order valence-corrected chi connectivity index (χ3v) is 18.6. The SMILES string of the molecule is CCCCCCCCCCCCCCCCCCCCCCC(=O)O[C@H](COC(=O)CCCCCCCCCCCCCCCCC(C)C)COP(=O)(O)OC[C@@H](O)COP(=O)(O)OC[C@@H](COC(=O)CCCCCCC)OC(=O)CCCCCCCCC(C)C. The summed E-state index contributed by atoms with van der Waals surface area (Å²) in [5, 5.41) is 10.6. The molecular weight excluding hydrogens is 1200 g/mol. The lowest BCUT2D eigenvalue weighted by atomic mass is 10.0. The average Bonchev–Trinajstić information content (AvgIpc) is 3.30. The molecule has 540 valence electrons. The molecule has 17 nitrogen and oxygen atoms in total. The Morgan fingerprint density at radius 2 is 0.505 bits per heavy atom. The third kappa shape index (κ3) is 66.5. The lowest BCUT2D eigenvalue weighted by Gasteiger charge is -2.21. The molecule has 0 spiro atoms. The summed E-state index contributed by atoms with van der Waals surface area (Å²) < 4.78 is 68.1. The zero-order chi connectivity index (χ0) is 67.2. The fourth-order valence-corrected chi connectivity index (χ4v) is 12.5. The van der Waals surface area contributed by atoms with Gasteiger partial charge in [-0.25, -0.2) is 9.13 Å². The molecule has 0 heterocycles. The first kappa shape index (κ1) is 89.1. The summed E-state index contributed by atoms with van der Waals surface area (Å²) in [5.41, 5.74) is 0. The maximum atomic E-state index is 13.1. The molecule has 0 rings (SSSR count). The van der Waals surface area contributed by atoms with Gasteiger partial charge in [-0.15, -0.1) is 0 Å². The van der Waals surface area contributed by atoms with Crippen molar-refractivity contribution in [3.05, 3.63) is 0 Å². The Morgan fingerprint density at radius 1 is 0.297 bits per heavy atom. The van der Waals surface area contributed by atoms with Crippen LogP contribution in [0.1, 0.15) is 369 Å². The first-order valence-electron chi connectivity index (χ1n) is 37.5. The number of esters is 4. The number of phosphoric acid groups is 2. The van der Waals surface area contributed by atoms with E-state index in [0.29, 0.717) is 31.6 Å². The van der Waals surface area contributed by atoms with Gasteiger partial charge in [-0.3, -0.25) is 37.3 Å². The van der Waals surface area contributed by atoms with Crippen LogP contribution in [0.4, 0.5) is 0 Å². The fraction of sp³-hybridized carbons (Fsp3) is 0.944. The van der Waals surface area contributed by atoms with Crippen molar-refractivity contribution in [3.63, 3.8) is 0 Å². The summed E-state index contributed by atoms with van der Waals surface area (Å²) in [6.07, 6.45) is 50.7. The molecule has 0 fully saturated rings. The Morgan fingerprint density at radius 3 is 0.747 bits per heavy atom. The number of hydrogen-bond acceptors (Lipinski definition) is 15. The summed E-state index contributed by atoms with van der Waals surface area (Å²) in [6.45, 7) is 9.40. The summed E-state index contributed by atoms with van der Waals surface area (Å²) in [5.74, 6) is -0.669. The Balaban J connectivity index is 5.12. The van der Waals surface area contributed by atoms with Crippen molar-refractivity contribution in [2.45, 2.75) is 387 Å². The van der Waals surface area contributed by atoms with Crippen LogP contribution < -0.4 is 0 Å². The van der Waals surface area contributed by atoms with Crippen LogP contribution in [0.25, 0.3) is 0 Å². The van der Waals surface area contributed by atoms with Crippen molar-refractivity contribution in [3.8, 4) is 0 Å². The summed E-state index contributed by atoms with van der Waals surface area (Å²) in [6, 6.07) is 0. The molecule has 3 N–H and O–H groups in total. The second-order valence-corrected chi connectivity index (χ2v) is 29.8. The first-order chi connectivity index (χ1) is 43.9. The second kappa shape index (κ2) is 64.1. The van der Waals surface area contributed by atoms with Crippen LogP contribution >= 0.6 is 15.6 Å². The number of aliphatic hydroxyl groups is 1. The van der Waals surface area contributed by atoms with Gasteiger partial charge in [0.2, 0.25) is 0 Å². The monoisotopic (exact) mass is 1340 g/mol. The molecule has 0 saturated heterocycles. The van der Waals surface area contributed by atoms with E-state index in [-0.39, 0.29) is 25.7 Å². The van der Waals surface area contributed by atoms with Crippen LogP contribution in [0.15, 0.2) is 0 Å². The average molecular weight is 1340 g/mol. The second-order valence-electron chi connectivity index (χ2n) is 26.9. The number of rotatable bonds is 71. The summed E-state index contributed by atoms with van der Waals surface area (Å²) in [4.78, 5) is 72.3. The predicted molar refractivity (Wildman–Crippen MR) is 368 cm³/mol. The normalized spacial score (nSPS) is 14.1. The molecule has 0 bridgehead atoms. The number of unbranched alkanes of at least 4 members (excludes halogenated alkanes) is 41. The van der Waals surface area contributed by atoms with Gasteiger partial charge < -0.3 is 33.8 Å². The molecule has 0 aliphatic rings. The highest BCUT2D eigenvalue weighted by Crippen LogP contribution is 2.45. The Labute approximate surface area is 556 Å². The van der Waals surface area contributed by atoms with Gasteiger partial charge in [-0.05, 0) is 37.5 Å². The van der Waals surface area contributed by atoms with E-state index in [9.17, 15) is 43.2 Å². The van der Waals surface area contributed by atoms with Gasteiger partial charge in [0.25, 0.3) is 0 Å². The zero-order valence-electron chi connectivity index (χ0n) is 59.1. The Kier molecular flexibility index (Phi) is 62.7. The van der Waals surface area contributed by atoms with E-state index in [1.165, 1.54) is 180 Å². The van der Waals surface area contributed by atoms with E-state index in [2.05, 4.69) is 41.5 Å². The summed E-state index contributed by atoms with van der Waals surface area (Å²) >= 11 is 0. The standard InChI is InChI=1S/C72H140O17P2/c1-7-9-11-13-14-15-16-17-18-19-20-21-22-23-28-31-34-37-44-50-56-71(76)88-68(61-83-70(75)55-49-43-36-33-30-27-25-24-26-29-32-35-41-46-52-64(3)4)63-87-91(80,81)85-59-66(73)58-84-90(78,79)86-62-67(60-82-69(74)54-48-40-12-10-8-2)89-72(77)57-51-45-39-38-42-47-53-65(5)6/h64-68,73H,7-63H2,1-6H3,(H,78,79)(H,80,81)/t66-,67+,68+/m0/s1. The number of carbonyl (C=O) groups excluding carboxylic acids is 4. The van der Waals surface area contributed by atoms with E-state index < -0.39 is 97.5 Å². The highest BCUT2D eigenvalue weighted by atomic mass is 31.2. The number of carbonyl (C=O) groups is 4. The molecule has 2 unspecified atom stereocenters. The van der Waals surface area contributed by atoms with E-state index >= 15 is 0 Å². The van der Waals surface area contributed by atoms with Crippen LogP contribution in [0.5, 0.6) is 0 Å². The molecule has 0 aromatic heterocycles. The molecule has 0 aliphatic heterocycles. The van der Waals surface area contributed by atoms with Crippen LogP contribution in [0, 0.1) is 11.8 Å². The summed E-state index contributed by atoms with van der Waals surface area (Å²) in [7, 11) is -9.89. The van der Waals surface area contributed by atoms with Crippen molar-refractivity contribution in [1.29, 1.82) is 0 Å². The minimum Gasteiger partial charge on any atom is -0.462 e. The van der Waals surface area contributed by atoms with Gasteiger partial charge in [-0.1, -0.05) is 318 Å². The molecule has 0 amide bonds. The van der Waals surface area contributed by atoms with Crippen molar-refractivity contribution in [2.24, 2.45) is 11.8 Å². The van der Waals surface area contributed by atoms with Crippen LogP contribution in [-0.2, 0) is 65.4 Å². The van der Waals surface area contributed by atoms with E-state index in [1.54, 1.807) is 0 Å². The Hall–Kier alpha value is -1.94. The molecule has 91 heavy (non-hydrogen) atoms. The van der Waals surface area contributed by atoms with Gasteiger partial charge in [0, 0.05) is 25.7 Å². The minimum absolute atomic E-state index is 0.101. The van der Waals surface area contributed by atoms with Gasteiger partial charge in [0.15, 0.2) is 12.2 Å². The molecular formula is C72H140O17P2. The topological polar surface area (TPSA) is 237 Å². The number of ether oxygens (including phenoxy) is 4. The van der Waals surface area contributed by atoms with Gasteiger partial charge in [-0.2, -0.15) is 0 Å². The van der Waals surface area contributed by atoms with E-state index in [4.69, 9.17) is 37.0 Å². The lowest BCUT2D eigenvalue weighted by Crippen LogP contribution is -2.30. The maximum Gasteiger partial charge on any atom is 0.472 e. The number of phosphoric ester groups is 2. The third-order valence-electron chi connectivity index (χ3n) is 16.7. The molecule has 5 atom stereocenters. The van der Waals surface area contributed by atoms with Crippen molar-refractivity contribution < 1.29 is 80.2 Å². The maximum absolute atomic E-state index is 13.1. The first-order valence-corrected chi connectivity index (χ1v) is 40.5. The Bertz CT molecular complexity index is 1770. The predicted octanol–water partition coefficient (Wildman–Crippen LogP) is 20.8. The molecule has 0 aromatic rings. The van der Waals surface area contributed by atoms with Crippen LogP contribution in [-0.4, -0.2) is 96.7 Å². The van der Waals surface area contributed by atoms with Crippen molar-refractivity contribution in [2.75, 3.05) is 39.6 Å². The molecule has 0 radical (unpaired) electrons. The molecule has 0 aromatic carbocycles. The zero-order valence-corrected chi connectivity index (χ0v) is 60.9. The highest BCUT2D eigenvalue weighted by Gasteiger charge is 2.30. The largest absolute Gasteiger partial charge is 0.472 e. The van der Waals surface area contributed by atoms with E-state index in [0.717, 1.165) is 102 Å². The molecule has 19 heteroatoms. The quantitative estimate of drug-likeness (QED) is 0.0222. The minimum atomic E-state index is -4.95. The molecule has 0 aliphatic carbocycles. The van der Waals surface area contributed by atoms with Crippen molar-refractivity contribution >= 4 is 39.5 Å². The van der Waals surface area contributed by atoms with Crippen LogP contribution in [0.3, 0.4) is 0 Å². The smallest absolute Gasteiger partial charge is 0.462 e.